The second-order valence-corrected chi connectivity index (χ2v) is 5.47. The van der Waals surface area contributed by atoms with E-state index >= 15 is 0 Å². The van der Waals surface area contributed by atoms with Gasteiger partial charge in [0.05, 0.1) is 6.21 Å². The maximum atomic E-state index is 11.9. The van der Waals surface area contributed by atoms with Gasteiger partial charge in [-0.15, -0.1) is 0 Å². The van der Waals surface area contributed by atoms with Crippen LogP contribution in [0.3, 0.4) is 0 Å². The lowest BCUT2D eigenvalue weighted by atomic mass is 10.0. The number of halogens is 1. The molecule has 21 heavy (non-hydrogen) atoms. The van der Waals surface area contributed by atoms with Crippen molar-refractivity contribution in [2.24, 2.45) is 5.10 Å². The van der Waals surface area contributed by atoms with Gasteiger partial charge >= 0.3 is 0 Å². The van der Waals surface area contributed by atoms with Crippen LogP contribution in [-0.2, 0) is 0 Å². The minimum Gasteiger partial charge on any atom is -0.267 e. The number of hydrazone groups is 1. The van der Waals surface area contributed by atoms with Gasteiger partial charge in [-0.05, 0) is 41.3 Å². The zero-order valence-corrected chi connectivity index (χ0v) is 12.8. The van der Waals surface area contributed by atoms with Gasteiger partial charge in [-0.1, -0.05) is 49.7 Å². The fraction of sp³-hybridized carbons (Fsp3) is 0.176. The number of hydrogen-bond acceptors (Lipinski definition) is 2. The van der Waals surface area contributed by atoms with Crippen LogP contribution in [0.4, 0.5) is 0 Å². The van der Waals surface area contributed by atoms with Gasteiger partial charge in [-0.2, -0.15) is 5.10 Å². The maximum Gasteiger partial charge on any atom is 0.271 e. The van der Waals surface area contributed by atoms with Crippen LogP contribution in [0.25, 0.3) is 0 Å². The van der Waals surface area contributed by atoms with Crippen LogP contribution in [0.15, 0.2) is 53.6 Å². The summed E-state index contributed by atoms with van der Waals surface area (Å²) in [5, 5.41) is 4.57. The van der Waals surface area contributed by atoms with Gasteiger partial charge in [0.1, 0.15) is 0 Å². The van der Waals surface area contributed by atoms with Crippen molar-refractivity contribution < 1.29 is 4.79 Å². The van der Waals surface area contributed by atoms with E-state index in [2.05, 4.69) is 24.4 Å². The summed E-state index contributed by atoms with van der Waals surface area (Å²) in [4.78, 5) is 11.9. The first-order chi connectivity index (χ1) is 10.1. The van der Waals surface area contributed by atoms with Gasteiger partial charge in [-0.3, -0.25) is 4.79 Å². The Morgan fingerprint density at radius 1 is 1.19 bits per heavy atom. The van der Waals surface area contributed by atoms with E-state index in [0.29, 0.717) is 16.5 Å². The van der Waals surface area contributed by atoms with Gasteiger partial charge in [0, 0.05) is 10.6 Å². The first-order valence-corrected chi connectivity index (χ1v) is 7.13. The Hall–Kier alpha value is -2.13. The van der Waals surface area contributed by atoms with Crippen molar-refractivity contribution in [2.75, 3.05) is 0 Å². The third-order valence-electron chi connectivity index (χ3n) is 3.07. The van der Waals surface area contributed by atoms with Crippen LogP contribution in [0.1, 0.15) is 41.3 Å². The first-order valence-electron chi connectivity index (χ1n) is 6.75. The number of rotatable bonds is 4. The molecule has 1 N–H and O–H groups in total. The quantitative estimate of drug-likeness (QED) is 0.666. The Morgan fingerprint density at radius 3 is 2.52 bits per heavy atom. The summed E-state index contributed by atoms with van der Waals surface area (Å²) in [5.74, 6) is 0.214. The molecule has 0 aliphatic rings. The SMILES string of the molecule is CC(C)c1ccc(C(=O)N/N=C/c2cccc(Cl)c2)cc1. The van der Waals surface area contributed by atoms with Crippen LogP contribution >= 0.6 is 11.6 Å². The van der Waals surface area contributed by atoms with E-state index in [-0.39, 0.29) is 5.91 Å². The molecular weight excluding hydrogens is 284 g/mol. The highest BCUT2D eigenvalue weighted by molar-refractivity contribution is 6.30. The molecule has 0 fully saturated rings. The van der Waals surface area contributed by atoms with E-state index in [1.165, 1.54) is 5.56 Å². The third-order valence-corrected chi connectivity index (χ3v) is 3.30. The van der Waals surface area contributed by atoms with Crippen molar-refractivity contribution in [1.29, 1.82) is 0 Å². The van der Waals surface area contributed by atoms with Crippen LogP contribution in [0.2, 0.25) is 5.02 Å². The highest BCUT2D eigenvalue weighted by Crippen LogP contribution is 2.14. The molecule has 2 aromatic carbocycles. The summed E-state index contributed by atoms with van der Waals surface area (Å²) < 4.78 is 0. The van der Waals surface area contributed by atoms with Gasteiger partial charge in [0.25, 0.3) is 5.91 Å². The van der Waals surface area contributed by atoms with E-state index in [0.717, 1.165) is 5.56 Å². The van der Waals surface area contributed by atoms with Crippen molar-refractivity contribution >= 4 is 23.7 Å². The lowest BCUT2D eigenvalue weighted by Crippen LogP contribution is -2.17. The summed E-state index contributed by atoms with van der Waals surface area (Å²) in [5.41, 5.74) is 5.12. The average molecular weight is 301 g/mol. The van der Waals surface area contributed by atoms with Crippen LogP contribution < -0.4 is 5.43 Å². The molecule has 0 unspecified atom stereocenters. The lowest BCUT2D eigenvalue weighted by Gasteiger charge is -2.05. The molecule has 0 bridgehead atoms. The molecule has 2 rings (SSSR count). The maximum absolute atomic E-state index is 11.9. The second-order valence-electron chi connectivity index (χ2n) is 5.03. The number of carbonyl (C=O) groups is 1. The molecule has 3 nitrogen and oxygen atoms in total. The van der Waals surface area contributed by atoms with E-state index < -0.39 is 0 Å². The van der Waals surface area contributed by atoms with Crippen LogP contribution in [-0.4, -0.2) is 12.1 Å². The number of nitrogens with one attached hydrogen (secondary N) is 1. The molecular formula is C17H17ClN2O. The molecule has 1 amide bonds. The Bertz CT molecular complexity index is 648. The molecule has 0 saturated heterocycles. The molecule has 0 spiro atoms. The number of carbonyl (C=O) groups excluding carboxylic acids is 1. The number of hydrogen-bond donors (Lipinski definition) is 1. The standard InChI is InChI=1S/C17H17ClN2O/c1-12(2)14-6-8-15(9-7-14)17(21)20-19-11-13-4-3-5-16(18)10-13/h3-12H,1-2H3,(H,20,21)/b19-11+. The zero-order valence-electron chi connectivity index (χ0n) is 12.0. The fourth-order valence-electron chi connectivity index (χ4n) is 1.84. The average Bonchev–Trinajstić information content (AvgIpc) is 2.47. The van der Waals surface area contributed by atoms with Crippen LogP contribution in [0.5, 0.6) is 0 Å². The van der Waals surface area contributed by atoms with E-state index in [1.807, 2.05) is 24.3 Å². The fourth-order valence-corrected chi connectivity index (χ4v) is 2.04. The summed E-state index contributed by atoms with van der Waals surface area (Å²) in [6.45, 7) is 4.23. The second kappa shape index (κ2) is 7.04. The highest BCUT2D eigenvalue weighted by Gasteiger charge is 2.05. The van der Waals surface area contributed by atoms with Gasteiger partial charge in [0.2, 0.25) is 0 Å². The van der Waals surface area contributed by atoms with E-state index in [9.17, 15) is 4.79 Å². The van der Waals surface area contributed by atoms with E-state index in [1.54, 1.807) is 30.5 Å². The van der Waals surface area contributed by atoms with Crippen molar-refractivity contribution in [3.05, 3.63) is 70.2 Å². The summed E-state index contributed by atoms with van der Waals surface area (Å²) >= 11 is 5.87. The monoisotopic (exact) mass is 300 g/mol. The smallest absolute Gasteiger partial charge is 0.267 e. The largest absolute Gasteiger partial charge is 0.271 e. The predicted octanol–water partition coefficient (Wildman–Crippen LogP) is 4.23. The number of nitrogens with zero attached hydrogens (tertiary/aromatic N) is 1. The normalized spacial score (nSPS) is 11.0. The number of benzene rings is 2. The molecule has 0 aromatic heterocycles. The first kappa shape index (κ1) is 15.3. The van der Waals surface area contributed by atoms with Gasteiger partial charge < -0.3 is 0 Å². The molecule has 0 saturated carbocycles. The molecule has 108 valence electrons. The summed E-state index contributed by atoms with van der Waals surface area (Å²) in [6, 6.07) is 14.8. The van der Waals surface area contributed by atoms with Crippen LogP contribution in [0, 0.1) is 0 Å². The van der Waals surface area contributed by atoms with Gasteiger partial charge in [-0.25, -0.2) is 5.43 Å². The molecule has 0 heterocycles. The molecule has 0 aliphatic carbocycles. The number of amides is 1. The Balaban J connectivity index is 1.98. The van der Waals surface area contributed by atoms with Gasteiger partial charge in [0.15, 0.2) is 0 Å². The van der Waals surface area contributed by atoms with Crippen molar-refractivity contribution in [3.63, 3.8) is 0 Å². The zero-order chi connectivity index (χ0) is 15.2. The summed E-state index contributed by atoms with van der Waals surface area (Å²) in [7, 11) is 0. The topological polar surface area (TPSA) is 41.5 Å². The Kier molecular flexibility index (Phi) is 5.12. The molecule has 0 aliphatic heterocycles. The Labute approximate surface area is 129 Å². The lowest BCUT2D eigenvalue weighted by molar-refractivity contribution is 0.0955. The third kappa shape index (κ3) is 4.43. The van der Waals surface area contributed by atoms with Crippen molar-refractivity contribution in [1.82, 2.24) is 5.43 Å². The van der Waals surface area contributed by atoms with Crippen molar-refractivity contribution in [2.45, 2.75) is 19.8 Å². The highest BCUT2D eigenvalue weighted by atomic mass is 35.5. The minimum absolute atomic E-state index is 0.233. The molecule has 0 atom stereocenters. The van der Waals surface area contributed by atoms with E-state index in [4.69, 9.17) is 11.6 Å². The molecule has 4 heteroatoms. The molecule has 0 radical (unpaired) electrons. The Morgan fingerprint density at radius 2 is 1.90 bits per heavy atom. The summed E-state index contributed by atoms with van der Waals surface area (Å²) in [6.07, 6.45) is 1.56. The minimum atomic E-state index is -0.233. The predicted molar refractivity (Wildman–Crippen MR) is 87.0 cm³/mol. The van der Waals surface area contributed by atoms with Crippen molar-refractivity contribution in [3.8, 4) is 0 Å². The molecule has 2 aromatic rings.